The van der Waals surface area contributed by atoms with Gasteiger partial charge in [-0.25, -0.2) is 4.79 Å². The number of rotatable bonds is 6. The van der Waals surface area contributed by atoms with Crippen LogP contribution in [-0.2, 0) is 9.59 Å². The normalized spacial score (nSPS) is 22.1. The summed E-state index contributed by atoms with van der Waals surface area (Å²) >= 11 is 1.64. The molecule has 0 saturated carbocycles. The van der Waals surface area contributed by atoms with E-state index in [-0.39, 0.29) is 42.1 Å². The minimum Gasteiger partial charge on any atom is -0.340 e. The van der Waals surface area contributed by atoms with E-state index in [1.54, 1.807) is 33.3 Å². The van der Waals surface area contributed by atoms with Crippen LogP contribution in [0.3, 0.4) is 0 Å². The molecule has 9 heteroatoms. The Hall–Kier alpha value is -3.20. The maximum absolute atomic E-state index is 13.8. The minimum absolute atomic E-state index is 0.0479. The van der Waals surface area contributed by atoms with Crippen LogP contribution in [0.25, 0.3) is 10.4 Å². The van der Waals surface area contributed by atoms with Gasteiger partial charge in [0.05, 0.1) is 12.6 Å². The van der Waals surface area contributed by atoms with Crippen molar-refractivity contribution in [3.63, 3.8) is 0 Å². The molecule has 3 unspecified atom stereocenters. The number of nitrogens with zero attached hydrogens (tertiary/aromatic N) is 3. The smallest absolute Gasteiger partial charge is 0.320 e. The van der Waals surface area contributed by atoms with Gasteiger partial charge in [-0.2, -0.15) is 0 Å². The highest BCUT2D eigenvalue weighted by atomic mass is 32.1. The molecule has 38 heavy (non-hydrogen) atoms. The molecule has 202 valence electrons. The van der Waals surface area contributed by atoms with Gasteiger partial charge in [0.15, 0.2) is 5.78 Å². The van der Waals surface area contributed by atoms with E-state index in [1.165, 1.54) is 0 Å². The van der Waals surface area contributed by atoms with Gasteiger partial charge in [-0.15, -0.1) is 11.3 Å². The van der Waals surface area contributed by atoms with E-state index in [9.17, 15) is 19.2 Å². The number of likely N-dealkylation sites (tertiary alicyclic amines) is 3. The summed E-state index contributed by atoms with van der Waals surface area (Å²) in [6.07, 6.45) is 4.14. The average molecular weight is 537 g/mol. The number of amides is 4. The number of hydrogen-bond donors (Lipinski definition) is 1. The molecule has 5 rings (SSSR count). The van der Waals surface area contributed by atoms with Crippen LogP contribution >= 0.6 is 11.3 Å². The maximum atomic E-state index is 13.8. The Balaban J connectivity index is 1.28. The number of urea groups is 1. The molecule has 1 aromatic carbocycles. The van der Waals surface area contributed by atoms with Crippen LogP contribution in [0.5, 0.6) is 0 Å². The number of thiophene rings is 1. The molecule has 0 aliphatic carbocycles. The number of ketones is 1. The Bertz CT molecular complexity index is 1170. The molecule has 3 atom stereocenters. The number of benzene rings is 1. The molecular formula is C29H36N4O4S. The number of fused-ring (bicyclic) bond motifs is 1. The molecule has 4 amide bonds. The first-order valence-corrected chi connectivity index (χ1v) is 14.5. The lowest BCUT2D eigenvalue weighted by Gasteiger charge is -2.33. The summed E-state index contributed by atoms with van der Waals surface area (Å²) in [4.78, 5) is 59.5. The topological polar surface area (TPSA) is 90.0 Å². The van der Waals surface area contributed by atoms with Gasteiger partial charge in [0.2, 0.25) is 5.91 Å². The second-order valence-corrected chi connectivity index (χ2v) is 11.9. The van der Waals surface area contributed by atoms with Crippen molar-refractivity contribution < 1.29 is 19.2 Å². The minimum atomic E-state index is -0.738. The van der Waals surface area contributed by atoms with Crippen molar-refractivity contribution in [2.75, 3.05) is 26.2 Å². The summed E-state index contributed by atoms with van der Waals surface area (Å²) in [6.45, 7) is 5.92. The zero-order valence-corrected chi connectivity index (χ0v) is 22.9. The average Bonchev–Trinajstić information content (AvgIpc) is 3.67. The summed E-state index contributed by atoms with van der Waals surface area (Å²) in [7, 11) is 0. The molecule has 0 bridgehead atoms. The third-order valence-corrected chi connectivity index (χ3v) is 8.76. The Morgan fingerprint density at radius 2 is 1.74 bits per heavy atom. The fourth-order valence-electron chi connectivity index (χ4n) is 5.96. The number of piperidine rings is 1. The quantitative estimate of drug-likeness (QED) is 0.604. The van der Waals surface area contributed by atoms with E-state index in [2.05, 4.69) is 5.32 Å². The molecular weight excluding hydrogens is 500 g/mol. The lowest BCUT2D eigenvalue weighted by Crippen LogP contribution is -2.53. The van der Waals surface area contributed by atoms with Crippen molar-refractivity contribution in [1.82, 2.24) is 20.0 Å². The van der Waals surface area contributed by atoms with Gasteiger partial charge >= 0.3 is 6.03 Å². The van der Waals surface area contributed by atoms with E-state index in [0.29, 0.717) is 24.9 Å². The van der Waals surface area contributed by atoms with E-state index in [0.717, 1.165) is 42.8 Å². The lowest BCUT2D eigenvalue weighted by atomic mass is 10.0. The fraction of sp³-hybridized carbons (Fsp3) is 0.517. The number of hydrogen-bond acceptors (Lipinski definition) is 5. The van der Waals surface area contributed by atoms with Crippen LogP contribution in [0, 0.1) is 5.92 Å². The van der Waals surface area contributed by atoms with Gasteiger partial charge in [-0.3, -0.25) is 14.4 Å². The van der Waals surface area contributed by atoms with E-state index in [1.807, 2.05) is 48.4 Å². The molecule has 3 fully saturated rings. The van der Waals surface area contributed by atoms with E-state index in [4.69, 9.17) is 0 Å². The van der Waals surface area contributed by atoms with E-state index < -0.39 is 12.1 Å². The van der Waals surface area contributed by atoms with Crippen molar-refractivity contribution in [2.24, 2.45) is 5.92 Å². The molecule has 0 spiro atoms. The van der Waals surface area contributed by atoms with Gasteiger partial charge in [0, 0.05) is 30.1 Å². The highest BCUT2D eigenvalue weighted by molar-refractivity contribution is 7.13. The van der Waals surface area contributed by atoms with Gasteiger partial charge in [0.25, 0.3) is 5.91 Å². The predicted molar refractivity (Wildman–Crippen MR) is 147 cm³/mol. The number of Topliss-reactive ketones (excluding diaryl/α,β-unsaturated/α-hetero) is 1. The molecule has 0 radical (unpaired) electrons. The van der Waals surface area contributed by atoms with Crippen molar-refractivity contribution in [1.29, 1.82) is 0 Å². The Morgan fingerprint density at radius 1 is 1.00 bits per heavy atom. The molecule has 3 aliphatic rings. The fourth-order valence-corrected chi connectivity index (χ4v) is 6.69. The molecule has 3 saturated heterocycles. The molecule has 1 aromatic heterocycles. The van der Waals surface area contributed by atoms with Gasteiger partial charge in [0.1, 0.15) is 12.1 Å². The van der Waals surface area contributed by atoms with Crippen LogP contribution in [-0.4, -0.2) is 82.6 Å². The predicted octanol–water partition coefficient (Wildman–Crippen LogP) is 4.02. The van der Waals surface area contributed by atoms with Crippen LogP contribution in [0.4, 0.5) is 4.79 Å². The first-order valence-electron chi connectivity index (χ1n) is 13.7. The number of nitrogens with one attached hydrogen (secondary N) is 1. The zero-order valence-electron chi connectivity index (χ0n) is 22.1. The monoisotopic (exact) mass is 536 g/mol. The van der Waals surface area contributed by atoms with Crippen molar-refractivity contribution >= 4 is 35.0 Å². The summed E-state index contributed by atoms with van der Waals surface area (Å²) in [5, 5.41) is 4.96. The summed E-state index contributed by atoms with van der Waals surface area (Å²) in [5.41, 5.74) is 1.53. The second kappa shape index (κ2) is 11.3. The third kappa shape index (κ3) is 5.34. The number of carbonyl (C=O) groups is 4. The molecule has 3 aliphatic heterocycles. The maximum Gasteiger partial charge on any atom is 0.320 e. The Kier molecular flexibility index (Phi) is 7.83. The summed E-state index contributed by atoms with van der Waals surface area (Å²) in [5.74, 6) is -0.474. The summed E-state index contributed by atoms with van der Waals surface area (Å²) < 4.78 is 0. The first kappa shape index (κ1) is 26.4. The van der Waals surface area contributed by atoms with Crippen LogP contribution in [0.2, 0.25) is 0 Å². The Morgan fingerprint density at radius 3 is 2.39 bits per heavy atom. The molecule has 8 nitrogen and oxygen atoms in total. The van der Waals surface area contributed by atoms with Crippen molar-refractivity contribution in [3.8, 4) is 10.4 Å². The third-order valence-electron chi connectivity index (χ3n) is 7.84. The standard InChI is InChI=1S/C29H36N4O4S/c1-19(2)17-22(30-27(35)21-10-8-20(9-11-21)25-7-6-16-38-25)28(36)32-15-12-23-26(32)24(34)18-33(23)29(37)31-13-4-3-5-14-31/h6-11,16,19,22-23,26H,3-5,12-15,17-18H2,1-2H3,(H,30,35). The highest BCUT2D eigenvalue weighted by Gasteiger charge is 2.52. The first-order chi connectivity index (χ1) is 18.3. The van der Waals surface area contributed by atoms with Gasteiger partial charge in [-0.1, -0.05) is 32.0 Å². The largest absolute Gasteiger partial charge is 0.340 e. The van der Waals surface area contributed by atoms with Crippen LogP contribution in [0.15, 0.2) is 41.8 Å². The number of carbonyl (C=O) groups excluding carboxylic acids is 4. The molecule has 2 aromatic rings. The molecule has 4 heterocycles. The van der Waals surface area contributed by atoms with Crippen LogP contribution in [0.1, 0.15) is 56.3 Å². The van der Waals surface area contributed by atoms with Crippen LogP contribution < -0.4 is 5.32 Å². The van der Waals surface area contributed by atoms with E-state index >= 15 is 0 Å². The second-order valence-electron chi connectivity index (χ2n) is 11.0. The molecule has 1 N–H and O–H groups in total. The SMILES string of the molecule is CC(C)CC(NC(=O)c1ccc(-c2cccs2)cc1)C(=O)N1CCC2C1C(=O)CN2C(=O)N1CCCCC1. The van der Waals surface area contributed by atoms with Gasteiger partial charge in [-0.05, 0) is 67.2 Å². The van der Waals surface area contributed by atoms with Gasteiger partial charge < -0.3 is 20.0 Å². The van der Waals surface area contributed by atoms with Crippen molar-refractivity contribution in [2.45, 2.75) is 64.1 Å². The van der Waals surface area contributed by atoms with Crippen molar-refractivity contribution in [3.05, 3.63) is 47.3 Å². The lowest BCUT2D eigenvalue weighted by molar-refractivity contribution is -0.138. The summed E-state index contributed by atoms with van der Waals surface area (Å²) in [6, 6.07) is 9.65. The highest BCUT2D eigenvalue weighted by Crippen LogP contribution is 2.32. The zero-order chi connectivity index (χ0) is 26.8. The Labute approximate surface area is 228 Å².